The van der Waals surface area contributed by atoms with E-state index in [9.17, 15) is 0 Å². The average molecular weight is 218 g/mol. The van der Waals surface area contributed by atoms with Crippen LogP contribution in [0.2, 0.25) is 0 Å². The zero-order valence-corrected chi connectivity index (χ0v) is 10.2. The van der Waals surface area contributed by atoms with Gasteiger partial charge in [-0.05, 0) is 19.8 Å². The van der Waals surface area contributed by atoms with Crippen LogP contribution in [0.5, 0.6) is 0 Å². The van der Waals surface area contributed by atoms with Crippen LogP contribution in [0, 0.1) is 12.8 Å². The second kappa shape index (κ2) is 5.91. The van der Waals surface area contributed by atoms with Crippen LogP contribution in [0.3, 0.4) is 0 Å². The van der Waals surface area contributed by atoms with E-state index in [-0.39, 0.29) is 12.4 Å². The molecule has 0 aromatic carbocycles. The Balaban J connectivity index is 0.00000169. The maximum Gasteiger partial charge on any atom is 0.0825 e. The van der Waals surface area contributed by atoms with Crippen LogP contribution in [-0.4, -0.2) is 16.3 Å². The molecule has 1 rings (SSSR count). The molecule has 82 valence electrons. The number of hydrogen-bond acceptors (Lipinski definition) is 2. The smallest absolute Gasteiger partial charge is 0.0825 e. The minimum Gasteiger partial charge on any atom is -0.382 e. The molecule has 0 aliphatic rings. The van der Waals surface area contributed by atoms with E-state index in [2.05, 4.69) is 37.4 Å². The lowest BCUT2D eigenvalue weighted by molar-refractivity contribution is 0.653. The van der Waals surface area contributed by atoms with Crippen molar-refractivity contribution in [3.8, 4) is 0 Å². The molecule has 3 nitrogen and oxygen atoms in total. The van der Waals surface area contributed by atoms with Gasteiger partial charge in [0.25, 0.3) is 0 Å². The number of nitrogens with one attached hydrogen (secondary N) is 1. The van der Waals surface area contributed by atoms with Crippen molar-refractivity contribution in [2.75, 3.05) is 11.9 Å². The minimum atomic E-state index is 0. The summed E-state index contributed by atoms with van der Waals surface area (Å²) in [6.07, 6.45) is 2.07. The molecule has 1 heterocycles. The molecular formula is C10H20ClN3. The molecule has 0 saturated carbocycles. The number of aromatic nitrogens is 2. The van der Waals surface area contributed by atoms with Gasteiger partial charge in [0.2, 0.25) is 0 Å². The summed E-state index contributed by atoms with van der Waals surface area (Å²) < 4.78 is 1.96. The Morgan fingerprint density at radius 1 is 1.50 bits per heavy atom. The molecule has 0 fully saturated rings. The second-order valence-corrected chi connectivity index (χ2v) is 3.76. The van der Waals surface area contributed by atoms with Gasteiger partial charge in [-0.25, -0.2) is 0 Å². The van der Waals surface area contributed by atoms with Gasteiger partial charge in [-0.3, -0.25) is 4.68 Å². The van der Waals surface area contributed by atoms with Crippen molar-refractivity contribution in [1.82, 2.24) is 9.78 Å². The zero-order chi connectivity index (χ0) is 9.84. The molecule has 0 aliphatic carbocycles. The summed E-state index contributed by atoms with van der Waals surface area (Å²) in [4.78, 5) is 0. The molecule has 0 atom stereocenters. The first-order valence-electron chi connectivity index (χ1n) is 4.91. The van der Waals surface area contributed by atoms with Crippen LogP contribution in [0.25, 0.3) is 0 Å². The van der Waals surface area contributed by atoms with Gasteiger partial charge in [-0.1, -0.05) is 13.8 Å². The summed E-state index contributed by atoms with van der Waals surface area (Å²) in [6, 6.07) is 0. The monoisotopic (exact) mass is 217 g/mol. The molecule has 0 unspecified atom stereocenters. The van der Waals surface area contributed by atoms with Crippen LogP contribution < -0.4 is 5.32 Å². The number of nitrogens with zero attached hydrogens (tertiary/aromatic N) is 2. The third-order valence-corrected chi connectivity index (χ3v) is 1.97. The largest absolute Gasteiger partial charge is 0.382 e. The van der Waals surface area contributed by atoms with E-state index in [4.69, 9.17) is 0 Å². The Morgan fingerprint density at radius 2 is 2.14 bits per heavy atom. The fraction of sp³-hybridized carbons (Fsp3) is 0.700. The quantitative estimate of drug-likeness (QED) is 0.841. The normalized spacial score (nSPS) is 10.1. The highest BCUT2D eigenvalue weighted by Gasteiger charge is 2.03. The molecular weight excluding hydrogens is 198 g/mol. The van der Waals surface area contributed by atoms with Gasteiger partial charge >= 0.3 is 0 Å². The van der Waals surface area contributed by atoms with Gasteiger partial charge < -0.3 is 5.32 Å². The molecule has 0 bridgehead atoms. The standard InChI is InChI=1S/C10H19N3.ClH/c1-5-13-7-10(9(4)12-13)11-6-8(2)3;/h7-8,11H,5-6H2,1-4H3;1H. The van der Waals surface area contributed by atoms with Crippen molar-refractivity contribution in [2.45, 2.75) is 34.2 Å². The maximum atomic E-state index is 4.36. The first-order chi connectivity index (χ1) is 6.13. The fourth-order valence-corrected chi connectivity index (χ4v) is 1.17. The molecule has 0 radical (unpaired) electrons. The molecule has 14 heavy (non-hydrogen) atoms. The number of rotatable bonds is 4. The highest BCUT2D eigenvalue weighted by molar-refractivity contribution is 5.85. The minimum absolute atomic E-state index is 0. The molecule has 4 heteroatoms. The summed E-state index contributed by atoms with van der Waals surface area (Å²) in [5, 5.41) is 7.74. The van der Waals surface area contributed by atoms with Crippen molar-refractivity contribution < 1.29 is 0 Å². The lowest BCUT2D eigenvalue weighted by atomic mass is 10.2. The molecule has 0 aliphatic heterocycles. The second-order valence-electron chi connectivity index (χ2n) is 3.76. The van der Waals surface area contributed by atoms with E-state index in [1.807, 2.05) is 11.6 Å². The molecule has 1 aromatic heterocycles. The first kappa shape index (κ1) is 13.3. The van der Waals surface area contributed by atoms with E-state index >= 15 is 0 Å². The molecule has 1 aromatic rings. The molecule has 0 amide bonds. The predicted molar refractivity (Wildman–Crippen MR) is 63.2 cm³/mol. The van der Waals surface area contributed by atoms with Crippen molar-refractivity contribution >= 4 is 18.1 Å². The Hall–Kier alpha value is -0.700. The van der Waals surface area contributed by atoms with Crippen LogP contribution in [0.15, 0.2) is 6.20 Å². The van der Waals surface area contributed by atoms with E-state index in [1.54, 1.807) is 0 Å². The third-order valence-electron chi connectivity index (χ3n) is 1.97. The Bertz CT molecular complexity index is 268. The SMILES string of the molecule is CCn1cc(NCC(C)C)c(C)n1.Cl. The topological polar surface area (TPSA) is 29.9 Å². The van der Waals surface area contributed by atoms with Gasteiger partial charge in [0.05, 0.1) is 11.4 Å². The van der Waals surface area contributed by atoms with Gasteiger partial charge in [-0.15, -0.1) is 12.4 Å². The number of halogens is 1. The summed E-state index contributed by atoms with van der Waals surface area (Å²) in [5.74, 6) is 0.671. The van der Waals surface area contributed by atoms with E-state index in [1.165, 1.54) is 0 Å². The average Bonchev–Trinajstić information content (AvgIpc) is 2.43. The summed E-state index contributed by atoms with van der Waals surface area (Å²) >= 11 is 0. The highest BCUT2D eigenvalue weighted by atomic mass is 35.5. The van der Waals surface area contributed by atoms with Gasteiger partial charge in [0.1, 0.15) is 0 Å². The van der Waals surface area contributed by atoms with Crippen molar-refractivity contribution in [3.63, 3.8) is 0 Å². The fourth-order valence-electron chi connectivity index (χ4n) is 1.17. The Morgan fingerprint density at radius 3 is 2.57 bits per heavy atom. The molecule has 0 saturated heterocycles. The van der Waals surface area contributed by atoms with Crippen LogP contribution in [0.4, 0.5) is 5.69 Å². The highest BCUT2D eigenvalue weighted by Crippen LogP contribution is 2.12. The molecule has 0 spiro atoms. The van der Waals surface area contributed by atoms with Crippen LogP contribution in [-0.2, 0) is 6.54 Å². The number of anilines is 1. The van der Waals surface area contributed by atoms with Crippen LogP contribution in [0.1, 0.15) is 26.5 Å². The summed E-state index contributed by atoms with van der Waals surface area (Å²) in [6.45, 7) is 10.5. The predicted octanol–water partition coefficient (Wildman–Crippen LogP) is 2.70. The van der Waals surface area contributed by atoms with Crippen molar-refractivity contribution in [3.05, 3.63) is 11.9 Å². The zero-order valence-electron chi connectivity index (χ0n) is 9.37. The number of aryl methyl sites for hydroxylation is 2. The van der Waals surface area contributed by atoms with Crippen molar-refractivity contribution in [1.29, 1.82) is 0 Å². The van der Waals surface area contributed by atoms with Gasteiger partial charge in [0.15, 0.2) is 0 Å². The van der Waals surface area contributed by atoms with Crippen LogP contribution >= 0.6 is 12.4 Å². The summed E-state index contributed by atoms with van der Waals surface area (Å²) in [7, 11) is 0. The maximum absolute atomic E-state index is 4.36. The van der Waals surface area contributed by atoms with Gasteiger partial charge in [-0.2, -0.15) is 5.10 Å². The van der Waals surface area contributed by atoms with E-state index in [0.29, 0.717) is 5.92 Å². The lowest BCUT2D eigenvalue weighted by Gasteiger charge is -2.06. The Kier molecular flexibility index (Phi) is 5.62. The van der Waals surface area contributed by atoms with E-state index < -0.39 is 0 Å². The summed E-state index contributed by atoms with van der Waals surface area (Å²) in [5.41, 5.74) is 2.25. The Labute approximate surface area is 92.3 Å². The third kappa shape index (κ3) is 3.58. The number of hydrogen-bond donors (Lipinski definition) is 1. The lowest BCUT2D eigenvalue weighted by Crippen LogP contribution is -2.07. The van der Waals surface area contributed by atoms with Gasteiger partial charge in [0, 0.05) is 19.3 Å². The van der Waals surface area contributed by atoms with E-state index in [0.717, 1.165) is 24.5 Å². The molecule has 1 N–H and O–H groups in total. The van der Waals surface area contributed by atoms with Crippen molar-refractivity contribution in [2.24, 2.45) is 5.92 Å². The first-order valence-corrected chi connectivity index (χ1v) is 4.91.